The topological polar surface area (TPSA) is 57.5 Å². The maximum absolute atomic E-state index is 12.5. The van der Waals surface area contributed by atoms with Gasteiger partial charge in [0.25, 0.3) is 0 Å². The van der Waals surface area contributed by atoms with Crippen molar-refractivity contribution in [3.05, 3.63) is 23.3 Å². The highest BCUT2D eigenvalue weighted by atomic mass is 16.3. The predicted octanol–water partition coefficient (Wildman–Crippen LogP) is 5.29. The summed E-state index contributed by atoms with van der Waals surface area (Å²) in [7, 11) is 0. The Labute approximate surface area is 163 Å². The molecule has 0 spiro atoms. The fourth-order valence-corrected chi connectivity index (χ4v) is 5.32. The first-order chi connectivity index (χ1) is 12.6. The number of phenolic OH excluding ortho intramolecular Hbond substituents is 2. The first-order valence-electron chi connectivity index (χ1n) is 10.1. The van der Waals surface area contributed by atoms with Crippen LogP contribution in [0.1, 0.15) is 83.3 Å². The third-order valence-corrected chi connectivity index (χ3v) is 7.30. The summed E-state index contributed by atoms with van der Waals surface area (Å²) in [6.07, 6.45) is 10.3. The van der Waals surface area contributed by atoms with E-state index < -0.39 is 0 Å². The number of unbranched alkanes of at least 4 members (excludes halogenated alkanes) is 2. The van der Waals surface area contributed by atoms with Gasteiger partial charge in [0.05, 0.1) is 0 Å². The second-order valence-corrected chi connectivity index (χ2v) is 9.72. The van der Waals surface area contributed by atoms with E-state index in [2.05, 4.69) is 33.6 Å². The Kier molecular flexibility index (Phi) is 5.06. The van der Waals surface area contributed by atoms with Gasteiger partial charge >= 0.3 is 0 Å². The van der Waals surface area contributed by atoms with Crippen LogP contribution in [-0.2, 0) is 10.2 Å². The lowest BCUT2D eigenvalue weighted by molar-refractivity contribution is -0.151. The van der Waals surface area contributed by atoms with Crippen molar-refractivity contribution in [2.75, 3.05) is 0 Å². The van der Waals surface area contributed by atoms with Crippen molar-refractivity contribution in [3.8, 4) is 23.8 Å². The van der Waals surface area contributed by atoms with Crippen LogP contribution < -0.4 is 0 Å². The number of carbonyl (C=O) groups is 1. The third kappa shape index (κ3) is 3.35. The van der Waals surface area contributed by atoms with E-state index in [9.17, 15) is 15.0 Å². The molecule has 0 saturated heterocycles. The van der Waals surface area contributed by atoms with Gasteiger partial charge in [-0.2, -0.15) is 0 Å². The molecule has 3 fully saturated rings. The summed E-state index contributed by atoms with van der Waals surface area (Å²) in [4.78, 5) is 12.5. The number of phenols is 2. The van der Waals surface area contributed by atoms with E-state index in [0.29, 0.717) is 17.9 Å². The van der Waals surface area contributed by atoms with Crippen LogP contribution in [0, 0.1) is 29.6 Å². The Hall–Kier alpha value is -1.95. The van der Waals surface area contributed by atoms with Crippen molar-refractivity contribution < 1.29 is 15.0 Å². The number of aromatic hydroxyl groups is 2. The molecule has 3 aliphatic rings. The van der Waals surface area contributed by atoms with Crippen molar-refractivity contribution in [3.63, 3.8) is 0 Å². The summed E-state index contributed by atoms with van der Waals surface area (Å²) >= 11 is 0. The molecule has 3 aliphatic carbocycles. The van der Waals surface area contributed by atoms with Crippen molar-refractivity contribution in [2.45, 2.75) is 77.6 Å². The second-order valence-electron chi connectivity index (χ2n) is 9.72. The fourth-order valence-electron chi connectivity index (χ4n) is 5.32. The van der Waals surface area contributed by atoms with E-state index in [4.69, 9.17) is 6.42 Å². The summed E-state index contributed by atoms with van der Waals surface area (Å²) in [5, 5.41) is 21.6. The summed E-state index contributed by atoms with van der Waals surface area (Å²) in [6, 6.07) is 3.58. The average molecular weight is 369 g/mol. The van der Waals surface area contributed by atoms with Gasteiger partial charge in [0, 0.05) is 30.2 Å². The third-order valence-electron chi connectivity index (χ3n) is 7.30. The first kappa shape index (κ1) is 19.8. The molecule has 0 aromatic heterocycles. The van der Waals surface area contributed by atoms with E-state index in [1.54, 1.807) is 12.1 Å². The minimum absolute atomic E-state index is 0.0478. The maximum Gasteiger partial charge on any atom is 0.137 e. The van der Waals surface area contributed by atoms with Crippen LogP contribution in [0.25, 0.3) is 0 Å². The van der Waals surface area contributed by atoms with Gasteiger partial charge in [0.1, 0.15) is 17.3 Å². The number of Topliss-reactive ketones (excluding diaryl/α,β-unsaturated/α-hetero) is 1. The van der Waals surface area contributed by atoms with Crippen molar-refractivity contribution in [1.29, 1.82) is 0 Å². The van der Waals surface area contributed by atoms with E-state index in [1.807, 2.05) is 0 Å². The number of benzene rings is 1. The van der Waals surface area contributed by atoms with E-state index >= 15 is 0 Å². The zero-order valence-electron chi connectivity index (χ0n) is 17.0. The Morgan fingerprint density at radius 3 is 2.37 bits per heavy atom. The van der Waals surface area contributed by atoms with Crippen LogP contribution in [0.5, 0.6) is 11.5 Å². The average Bonchev–Trinajstić information content (AvgIpc) is 2.57. The molecule has 3 saturated carbocycles. The maximum atomic E-state index is 12.5. The summed E-state index contributed by atoms with van der Waals surface area (Å²) in [6.45, 7) is 8.52. The lowest BCUT2D eigenvalue weighted by Crippen LogP contribution is -2.56. The van der Waals surface area contributed by atoms with Crippen molar-refractivity contribution in [2.24, 2.45) is 17.3 Å². The fraction of sp³-hybridized carbons (Fsp3) is 0.625. The molecule has 3 heteroatoms. The molecule has 27 heavy (non-hydrogen) atoms. The molecule has 1 aromatic carbocycles. The van der Waals surface area contributed by atoms with Gasteiger partial charge in [0.2, 0.25) is 0 Å². The van der Waals surface area contributed by atoms with E-state index in [0.717, 1.165) is 37.7 Å². The molecule has 0 radical (unpaired) electrons. The van der Waals surface area contributed by atoms with Gasteiger partial charge in [0.15, 0.2) is 0 Å². The lowest BCUT2D eigenvalue weighted by atomic mass is 9.44. The minimum atomic E-state index is -0.161. The molecule has 1 aromatic rings. The molecule has 0 unspecified atom stereocenters. The molecule has 3 atom stereocenters. The highest BCUT2D eigenvalue weighted by Crippen LogP contribution is 2.64. The Bertz CT molecular complexity index is 758. The summed E-state index contributed by atoms with van der Waals surface area (Å²) < 4.78 is 0. The summed E-state index contributed by atoms with van der Waals surface area (Å²) in [5.41, 5.74) is 1.28. The van der Waals surface area contributed by atoms with Crippen molar-refractivity contribution in [1.82, 2.24) is 0 Å². The lowest BCUT2D eigenvalue weighted by Gasteiger charge is -2.59. The number of terminal acetylenes is 1. The summed E-state index contributed by atoms with van der Waals surface area (Å²) in [5.74, 6) is 3.57. The normalized spacial score (nSPS) is 26.3. The van der Waals surface area contributed by atoms with Crippen LogP contribution in [0.2, 0.25) is 0 Å². The monoisotopic (exact) mass is 368 g/mol. The van der Waals surface area contributed by atoms with Crippen LogP contribution in [0.15, 0.2) is 12.1 Å². The predicted molar refractivity (Wildman–Crippen MR) is 108 cm³/mol. The molecule has 0 aliphatic heterocycles. The zero-order chi connectivity index (χ0) is 20.0. The number of hydrogen-bond acceptors (Lipinski definition) is 3. The standard InChI is InChI=1S/C24H32O3/c1-6-7-8-9-10-23(2,3)15-11-20(26)22(21(27)12-15)16-13-19(25)18-14-17(16)24(18,4)5/h1,11-12,16-18,26-27H,7-10,13-14H2,2-5H3/t16-,17-,18+/m0/s1. The van der Waals surface area contributed by atoms with Gasteiger partial charge in [-0.05, 0) is 53.7 Å². The van der Waals surface area contributed by atoms with Gasteiger partial charge in [-0.3, -0.25) is 4.79 Å². The Morgan fingerprint density at radius 1 is 1.22 bits per heavy atom. The second kappa shape index (κ2) is 6.89. The zero-order valence-corrected chi connectivity index (χ0v) is 17.0. The number of carbonyl (C=O) groups excluding carboxylic acids is 1. The molecule has 0 amide bonds. The Morgan fingerprint density at radius 2 is 1.85 bits per heavy atom. The van der Waals surface area contributed by atoms with Crippen molar-refractivity contribution >= 4 is 5.78 Å². The molecule has 2 N–H and O–H groups in total. The van der Waals surface area contributed by atoms with Gasteiger partial charge < -0.3 is 10.2 Å². The number of hydrogen-bond donors (Lipinski definition) is 2. The quantitative estimate of drug-likeness (QED) is 0.530. The molecule has 3 nitrogen and oxygen atoms in total. The molecule has 146 valence electrons. The van der Waals surface area contributed by atoms with Crippen LogP contribution in [0.3, 0.4) is 0 Å². The molecule has 0 heterocycles. The number of fused-ring (bicyclic) bond motifs is 2. The van der Waals surface area contributed by atoms with Gasteiger partial charge in [-0.1, -0.05) is 34.1 Å². The highest BCUT2D eigenvalue weighted by molar-refractivity contribution is 5.86. The SMILES string of the molecule is C#CCCCCC(C)(C)c1cc(O)c([C@H]2CC(=O)[C@H]3C[C@@H]2C3(C)C)c(O)c1. The van der Waals surface area contributed by atoms with Gasteiger partial charge in [-0.25, -0.2) is 0 Å². The highest BCUT2D eigenvalue weighted by Gasteiger charge is 2.59. The van der Waals surface area contributed by atoms with Gasteiger partial charge in [-0.15, -0.1) is 12.3 Å². The first-order valence-corrected chi connectivity index (χ1v) is 10.1. The minimum Gasteiger partial charge on any atom is -0.508 e. The molecular weight excluding hydrogens is 336 g/mol. The molecule has 2 bridgehead atoms. The largest absolute Gasteiger partial charge is 0.508 e. The molecule has 4 rings (SSSR count). The Balaban J connectivity index is 1.86. The van der Waals surface area contributed by atoms with Crippen LogP contribution in [0.4, 0.5) is 0 Å². The van der Waals surface area contributed by atoms with Crippen LogP contribution >= 0.6 is 0 Å². The van der Waals surface area contributed by atoms with E-state index in [-0.39, 0.29) is 39.9 Å². The smallest absolute Gasteiger partial charge is 0.137 e. The van der Waals surface area contributed by atoms with Crippen LogP contribution in [-0.4, -0.2) is 16.0 Å². The molecular formula is C24H32O3. The van der Waals surface area contributed by atoms with E-state index in [1.165, 1.54) is 0 Å². The number of rotatable bonds is 6. The number of ketones is 1.